The van der Waals surface area contributed by atoms with Crippen LogP contribution in [0.1, 0.15) is 10.5 Å². The van der Waals surface area contributed by atoms with Crippen molar-refractivity contribution < 1.29 is 49.1 Å². The van der Waals surface area contributed by atoms with Crippen molar-refractivity contribution in [3.8, 4) is 5.75 Å². The molecule has 0 spiro atoms. The van der Waals surface area contributed by atoms with Crippen molar-refractivity contribution in [1.82, 2.24) is 0 Å². The normalized spacial score (nSPS) is 25.8. The van der Waals surface area contributed by atoms with E-state index in [9.17, 15) is 35.5 Å². The summed E-state index contributed by atoms with van der Waals surface area (Å²) in [5.74, 6) is -6.50. The van der Waals surface area contributed by atoms with Gasteiger partial charge in [-0.25, -0.2) is 4.39 Å². The van der Waals surface area contributed by atoms with Gasteiger partial charge in [0.05, 0.1) is 16.3 Å². The van der Waals surface area contributed by atoms with Crippen LogP contribution in [0.4, 0.5) is 36.4 Å². The van der Waals surface area contributed by atoms with Gasteiger partial charge < -0.3 is 20.1 Å². The van der Waals surface area contributed by atoms with E-state index in [2.05, 4.69) is 9.47 Å². The summed E-state index contributed by atoms with van der Waals surface area (Å²) < 4.78 is 123. The predicted octanol–water partition coefficient (Wildman–Crippen LogP) is 2.58. The Morgan fingerprint density at radius 1 is 1.42 bits per heavy atom. The molecule has 146 valence electrons. The lowest BCUT2D eigenvalue weighted by Crippen LogP contribution is -2.49. The van der Waals surface area contributed by atoms with Crippen LogP contribution in [0.25, 0.3) is 0 Å². The molecular formula is C14H13F7N2O3. The molecule has 0 saturated carbocycles. The number of amides is 1. The van der Waals surface area contributed by atoms with E-state index in [1.165, 1.54) is 0 Å². The SMILES string of the molecule is [2H]C([2H])([2H])OC1(C(F)(F)F)CC(C(N)=O)N(c2ccc(F)c(F)c2OC(F)F)C1. The Morgan fingerprint density at radius 2 is 2.08 bits per heavy atom. The highest BCUT2D eigenvalue weighted by atomic mass is 19.4. The highest BCUT2D eigenvalue weighted by molar-refractivity contribution is 5.85. The molecule has 1 amide bonds. The van der Waals surface area contributed by atoms with Gasteiger partial charge in [-0.2, -0.15) is 26.3 Å². The zero-order chi connectivity index (χ0) is 22.4. The first-order chi connectivity index (χ1) is 13.1. The maximum absolute atomic E-state index is 14.0. The summed E-state index contributed by atoms with van der Waals surface area (Å²) in [4.78, 5) is 12.1. The van der Waals surface area contributed by atoms with Gasteiger partial charge in [0.1, 0.15) is 6.04 Å². The molecule has 1 fully saturated rings. The van der Waals surface area contributed by atoms with Gasteiger partial charge >= 0.3 is 12.8 Å². The fourth-order valence-electron chi connectivity index (χ4n) is 2.67. The fourth-order valence-corrected chi connectivity index (χ4v) is 2.67. The molecule has 2 rings (SSSR count). The van der Waals surface area contributed by atoms with E-state index in [1.807, 2.05) is 0 Å². The van der Waals surface area contributed by atoms with Crippen molar-refractivity contribution in [3.05, 3.63) is 23.8 Å². The first-order valence-electron chi connectivity index (χ1n) is 8.33. The Hall–Kier alpha value is -2.24. The molecular weight excluding hydrogens is 377 g/mol. The van der Waals surface area contributed by atoms with Crippen LogP contribution in [0.2, 0.25) is 0 Å². The number of carbonyl (C=O) groups is 1. The number of ether oxygens (including phenoxy) is 2. The van der Waals surface area contributed by atoms with Crippen LogP contribution in [0, 0.1) is 11.6 Å². The van der Waals surface area contributed by atoms with Crippen LogP contribution >= 0.6 is 0 Å². The van der Waals surface area contributed by atoms with Crippen molar-refractivity contribution in [2.45, 2.75) is 30.9 Å². The van der Waals surface area contributed by atoms with Gasteiger partial charge in [0.15, 0.2) is 17.2 Å². The van der Waals surface area contributed by atoms with E-state index in [-0.39, 0.29) is 0 Å². The van der Waals surface area contributed by atoms with Crippen molar-refractivity contribution in [2.24, 2.45) is 5.73 Å². The Bertz CT molecular complexity index is 791. The molecule has 0 aliphatic carbocycles. The minimum Gasteiger partial charge on any atom is -0.429 e. The van der Waals surface area contributed by atoms with Crippen LogP contribution in [-0.4, -0.2) is 43.9 Å². The summed E-state index contributed by atoms with van der Waals surface area (Å²) in [5, 5.41) is 0. The first kappa shape index (κ1) is 16.0. The van der Waals surface area contributed by atoms with Crippen molar-refractivity contribution in [2.75, 3.05) is 18.5 Å². The van der Waals surface area contributed by atoms with E-state index in [0.29, 0.717) is 17.0 Å². The number of nitrogens with zero attached hydrogens (tertiary/aromatic N) is 1. The van der Waals surface area contributed by atoms with Crippen LogP contribution in [0.3, 0.4) is 0 Å². The second kappa shape index (κ2) is 6.82. The molecule has 1 aromatic carbocycles. The number of hydrogen-bond acceptors (Lipinski definition) is 4. The number of carbonyl (C=O) groups excluding carboxylic acids is 1. The lowest BCUT2D eigenvalue weighted by atomic mass is 9.99. The van der Waals surface area contributed by atoms with Gasteiger partial charge in [0.2, 0.25) is 11.7 Å². The van der Waals surface area contributed by atoms with E-state index >= 15 is 0 Å². The lowest BCUT2D eigenvalue weighted by molar-refractivity contribution is -0.261. The Labute approximate surface area is 146 Å². The monoisotopic (exact) mass is 393 g/mol. The first-order valence-corrected chi connectivity index (χ1v) is 6.83. The number of benzene rings is 1. The molecule has 0 radical (unpaired) electrons. The number of rotatable bonds is 5. The molecule has 0 aromatic heterocycles. The molecule has 1 aliphatic rings. The number of anilines is 1. The summed E-state index contributed by atoms with van der Waals surface area (Å²) in [5.41, 5.74) is 0.723. The molecule has 2 N–H and O–H groups in total. The fraction of sp³-hybridized carbons (Fsp3) is 0.500. The van der Waals surface area contributed by atoms with Crippen molar-refractivity contribution >= 4 is 11.6 Å². The Morgan fingerprint density at radius 3 is 2.58 bits per heavy atom. The Kier molecular flexibility index (Phi) is 4.19. The predicted molar refractivity (Wildman–Crippen MR) is 73.7 cm³/mol. The second-order valence-electron chi connectivity index (χ2n) is 5.43. The number of primary amides is 1. The van der Waals surface area contributed by atoms with E-state index in [1.54, 1.807) is 0 Å². The highest BCUT2D eigenvalue weighted by Crippen LogP contribution is 2.47. The number of methoxy groups -OCH3 is 1. The standard InChI is InChI=1S/C14H13F7N2O3/c1-25-13(14(19,20)21)4-8(11(22)24)23(5-13)7-3-2-6(15)9(16)10(7)26-12(17)18/h2-3,8,12H,4-5H2,1H3,(H2,22,24)/i1D3. The molecule has 1 aliphatic heterocycles. The van der Waals surface area contributed by atoms with Crippen LogP contribution < -0.4 is 15.4 Å². The number of nitrogens with two attached hydrogens (primary N) is 1. The van der Waals surface area contributed by atoms with Crippen LogP contribution in [-0.2, 0) is 9.53 Å². The lowest BCUT2D eigenvalue weighted by Gasteiger charge is -2.31. The van der Waals surface area contributed by atoms with Crippen molar-refractivity contribution in [1.29, 1.82) is 0 Å². The highest BCUT2D eigenvalue weighted by Gasteiger charge is 2.63. The maximum atomic E-state index is 14.0. The molecule has 2 atom stereocenters. The minimum absolute atomic E-state index is 0.391. The third-order valence-electron chi connectivity index (χ3n) is 3.91. The molecule has 26 heavy (non-hydrogen) atoms. The average Bonchev–Trinajstić information content (AvgIpc) is 2.90. The molecule has 12 heteroatoms. The zero-order valence-electron chi connectivity index (χ0n) is 15.6. The van der Waals surface area contributed by atoms with Gasteiger partial charge in [0, 0.05) is 13.5 Å². The third-order valence-corrected chi connectivity index (χ3v) is 3.91. The van der Waals surface area contributed by atoms with Crippen molar-refractivity contribution in [3.63, 3.8) is 0 Å². The van der Waals surface area contributed by atoms with Crippen LogP contribution in [0.5, 0.6) is 5.75 Å². The quantitative estimate of drug-likeness (QED) is 0.782. The third kappa shape index (κ3) is 3.37. The van der Waals surface area contributed by atoms with Crippen LogP contribution in [0.15, 0.2) is 12.1 Å². The summed E-state index contributed by atoms with van der Waals surface area (Å²) in [7, 11) is -3.57. The molecule has 0 bridgehead atoms. The molecule has 2 unspecified atom stereocenters. The van der Waals surface area contributed by atoms with Gasteiger partial charge in [-0.3, -0.25) is 4.79 Å². The van der Waals surface area contributed by atoms with Gasteiger partial charge in [0.25, 0.3) is 0 Å². The number of hydrogen-bond donors (Lipinski definition) is 1. The molecule has 1 aromatic rings. The smallest absolute Gasteiger partial charge is 0.419 e. The number of halogens is 7. The maximum Gasteiger partial charge on any atom is 0.419 e. The minimum atomic E-state index is -5.35. The van der Waals surface area contributed by atoms with E-state index in [0.717, 1.165) is 0 Å². The van der Waals surface area contributed by atoms with Gasteiger partial charge in [-0.15, -0.1) is 0 Å². The second-order valence-corrected chi connectivity index (χ2v) is 5.43. The Balaban J connectivity index is 2.63. The van der Waals surface area contributed by atoms with Gasteiger partial charge in [-0.05, 0) is 12.1 Å². The molecule has 1 saturated heterocycles. The molecule has 5 nitrogen and oxygen atoms in total. The topological polar surface area (TPSA) is 64.8 Å². The summed E-state index contributed by atoms with van der Waals surface area (Å²) >= 11 is 0. The summed E-state index contributed by atoms with van der Waals surface area (Å²) in [6.07, 6.45) is -6.69. The largest absolute Gasteiger partial charge is 0.429 e. The van der Waals surface area contributed by atoms with Gasteiger partial charge in [-0.1, -0.05) is 0 Å². The summed E-state index contributed by atoms with van der Waals surface area (Å²) in [6, 6.07) is -0.962. The zero-order valence-corrected chi connectivity index (χ0v) is 12.6. The summed E-state index contributed by atoms with van der Waals surface area (Å²) in [6.45, 7) is -5.13. The van der Waals surface area contributed by atoms with E-state index in [4.69, 9.17) is 9.85 Å². The number of alkyl halides is 5. The van der Waals surface area contributed by atoms with E-state index < -0.39 is 73.4 Å². The molecule has 1 heterocycles. The average molecular weight is 393 g/mol.